The standard InChI is InChI=1S/C12H25NO3/c1-4-5-6-7-8-10(2)13-11(9-16-3)12(14)15/h10-11,13H,4-9H2,1-3H3,(H,14,15). The molecule has 96 valence electrons. The zero-order chi connectivity index (χ0) is 12.4. The largest absolute Gasteiger partial charge is 0.480 e. The van der Waals surface area contributed by atoms with Gasteiger partial charge in [-0.25, -0.2) is 0 Å². The van der Waals surface area contributed by atoms with Gasteiger partial charge in [0.2, 0.25) is 0 Å². The molecule has 0 amide bonds. The topological polar surface area (TPSA) is 58.6 Å². The highest BCUT2D eigenvalue weighted by atomic mass is 16.5. The maximum atomic E-state index is 10.9. The summed E-state index contributed by atoms with van der Waals surface area (Å²) in [7, 11) is 1.52. The number of hydrogen-bond acceptors (Lipinski definition) is 3. The van der Waals surface area contributed by atoms with Crippen LogP contribution in [-0.4, -0.2) is 36.9 Å². The average Bonchev–Trinajstić information content (AvgIpc) is 2.23. The minimum atomic E-state index is -0.845. The molecule has 0 aromatic rings. The van der Waals surface area contributed by atoms with Crippen LogP contribution in [0.4, 0.5) is 0 Å². The van der Waals surface area contributed by atoms with Gasteiger partial charge in [0.05, 0.1) is 6.61 Å². The van der Waals surface area contributed by atoms with E-state index in [9.17, 15) is 4.79 Å². The fraction of sp³-hybridized carbons (Fsp3) is 0.917. The minimum Gasteiger partial charge on any atom is -0.480 e. The zero-order valence-electron chi connectivity index (χ0n) is 10.7. The van der Waals surface area contributed by atoms with E-state index in [0.29, 0.717) is 0 Å². The van der Waals surface area contributed by atoms with Gasteiger partial charge in [0, 0.05) is 13.2 Å². The van der Waals surface area contributed by atoms with E-state index in [1.807, 2.05) is 6.92 Å². The van der Waals surface area contributed by atoms with Gasteiger partial charge < -0.3 is 9.84 Å². The third-order valence-corrected chi connectivity index (χ3v) is 2.61. The molecule has 4 heteroatoms. The SMILES string of the molecule is CCCCCCC(C)NC(COC)C(=O)O. The molecule has 4 nitrogen and oxygen atoms in total. The summed E-state index contributed by atoms with van der Waals surface area (Å²) in [5, 5.41) is 12.0. The Bertz CT molecular complexity index is 185. The molecule has 0 saturated heterocycles. The predicted molar refractivity (Wildman–Crippen MR) is 64.7 cm³/mol. The summed E-state index contributed by atoms with van der Waals surface area (Å²) in [4.78, 5) is 10.9. The Morgan fingerprint density at radius 2 is 2.06 bits per heavy atom. The van der Waals surface area contributed by atoms with E-state index < -0.39 is 12.0 Å². The van der Waals surface area contributed by atoms with E-state index in [1.165, 1.54) is 26.4 Å². The Balaban J connectivity index is 3.72. The average molecular weight is 231 g/mol. The van der Waals surface area contributed by atoms with E-state index in [1.54, 1.807) is 0 Å². The van der Waals surface area contributed by atoms with Crippen LogP contribution in [0.5, 0.6) is 0 Å². The zero-order valence-corrected chi connectivity index (χ0v) is 10.7. The van der Waals surface area contributed by atoms with Crippen molar-refractivity contribution < 1.29 is 14.6 Å². The van der Waals surface area contributed by atoms with Crippen molar-refractivity contribution in [2.75, 3.05) is 13.7 Å². The normalized spacial score (nSPS) is 14.7. The molecule has 0 rings (SSSR count). The van der Waals surface area contributed by atoms with Gasteiger partial charge in [-0.05, 0) is 13.3 Å². The Morgan fingerprint density at radius 3 is 2.56 bits per heavy atom. The summed E-state index contributed by atoms with van der Waals surface area (Å²) < 4.78 is 4.87. The van der Waals surface area contributed by atoms with Crippen LogP contribution < -0.4 is 5.32 Å². The number of rotatable bonds is 10. The van der Waals surface area contributed by atoms with E-state index in [-0.39, 0.29) is 12.6 Å². The number of carboxylic acids is 1. The van der Waals surface area contributed by atoms with Crippen molar-refractivity contribution in [2.45, 2.75) is 58.0 Å². The van der Waals surface area contributed by atoms with Crippen molar-refractivity contribution in [3.63, 3.8) is 0 Å². The summed E-state index contributed by atoms with van der Waals surface area (Å²) in [5.74, 6) is -0.845. The molecule has 0 heterocycles. The third-order valence-electron chi connectivity index (χ3n) is 2.61. The number of methoxy groups -OCH3 is 1. The van der Waals surface area contributed by atoms with E-state index in [4.69, 9.17) is 9.84 Å². The van der Waals surface area contributed by atoms with Crippen LogP contribution in [0, 0.1) is 0 Å². The second-order valence-corrected chi connectivity index (χ2v) is 4.26. The molecule has 0 aliphatic heterocycles. The first-order valence-corrected chi connectivity index (χ1v) is 6.09. The molecule has 0 saturated carbocycles. The molecule has 0 aliphatic rings. The van der Waals surface area contributed by atoms with E-state index in [2.05, 4.69) is 12.2 Å². The number of ether oxygens (including phenoxy) is 1. The number of carbonyl (C=O) groups is 1. The number of carboxylic acid groups (broad SMARTS) is 1. The van der Waals surface area contributed by atoms with Gasteiger partial charge in [0.1, 0.15) is 6.04 Å². The Kier molecular flexibility index (Phi) is 9.24. The lowest BCUT2D eigenvalue weighted by Crippen LogP contribution is -2.44. The maximum Gasteiger partial charge on any atom is 0.323 e. The molecular weight excluding hydrogens is 206 g/mol. The van der Waals surface area contributed by atoms with Crippen LogP contribution in [-0.2, 0) is 9.53 Å². The third kappa shape index (κ3) is 7.65. The molecule has 0 bridgehead atoms. The van der Waals surface area contributed by atoms with Crippen LogP contribution >= 0.6 is 0 Å². The fourth-order valence-electron chi connectivity index (χ4n) is 1.66. The number of aliphatic carboxylic acids is 1. The summed E-state index contributed by atoms with van der Waals surface area (Å²) >= 11 is 0. The lowest BCUT2D eigenvalue weighted by atomic mass is 10.1. The van der Waals surface area contributed by atoms with Crippen molar-refractivity contribution in [3.05, 3.63) is 0 Å². The van der Waals surface area contributed by atoms with Gasteiger partial charge in [-0.2, -0.15) is 0 Å². The molecule has 0 aromatic carbocycles. The van der Waals surface area contributed by atoms with Crippen molar-refractivity contribution in [1.82, 2.24) is 5.32 Å². The summed E-state index contributed by atoms with van der Waals surface area (Å²) in [6, 6.07) is -0.362. The van der Waals surface area contributed by atoms with Gasteiger partial charge in [-0.3, -0.25) is 10.1 Å². The van der Waals surface area contributed by atoms with E-state index >= 15 is 0 Å². The number of hydrogen-bond donors (Lipinski definition) is 2. The molecule has 0 fully saturated rings. The van der Waals surface area contributed by atoms with E-state index in [0.717, 1.165) is 12.8 Å². The van der Waals surface area contributed by atoms with Crippen molar-refractivity contribution in [2.24, 2.45) is 0 Å². The van der Waals surface area contributed by atoms with Gasteiger partial charge in [0.15, 0.2) is 0 Å². The smallest absolute Gasteiger partial charge is 0.323 e. The summed E-state index contributed by atoms with van der Waals surface area (Å²) in [6.07, 6.45) is 5.88. The highest BCUT2D eigenvalue weighted by Crippen LogP contribution is 2.06. The molecule has 0 aliphatic carbocycles. The van der Waals surface area contributed by atoms with Crippen LogP contribution in [0.25, 0.3) is 0 Å². The van der Waals surface area contributed by atoms with Crippen LogP contribution in [0.3, 0.4) is 0 Å². The number of unbranched alkanes of at least 4 members (excludes halogenated alkanes) is 3. The van der Waals surface area contributed by atoms with Crippen molar-refractivity contribution in [3.8, 4) is 0 Å². The quantitative estimate of drug-likeness (QED) is 0.565. The van der Waals surface area contributed by atoms with Crippen LogP contribution in [0.1, 0.15) is 46.0 Å². The van der Waals surface area contributed by atoms with Crippen molar-refractivity contribution >= 4 is 5.97 Å². The maximum absolute atomic E-state index is 10.9. The predicted octanol–water partition coefficient (Wildman–Crippen LogP) is 2.03. The second-order valence-electron chi connectivity index (χ2n) is 4.26. The highest BCUT2D eigenvalue weighted by molar-refractivity contribution is 5.73. The molecule has 2 atom stereocenters. The fourth-order valence-corrected chi connectivity index (χ4v) is 1.66. The molecule has 0 aromatic heterocycles. The molecule has 2 unspecified atom stereocenters. The highest BCUT2D eigenvalue weighted by Gasteiger charge is 2.18. The molecular formula is C12H25NO3. The van der Waals surface area contributed by atoms with Gasteiger partial charge in [-0.1, -0.05) is 32.6 Å². The molecule has 16 heavy (non-hydrogen) atoms. The Labute approximate surface area is 98.4 Å². The molecule has 0 spiro atoms. The monoisotopic (exact) mass is 231 g/mol. The minimum absolute atomic E-state index is 0.217. The summed E-state index contributed by atoms with van der Waals surface area (Å²) in [5.41, 5.74) is 0. The Hall–Kier alpha value is -0.610. The van der Waals surface area contributed by atoms with Crippen molar-refractivity contribution in [1.29, 1.82) is 0 Å². The molecule has 2 N–H and O–H groups in total. The van der Waals surface area contributed by atoms with Gasteiger partial charge >= 0.3 is 5.97 Å². The Morgan fingerprint density at radius 1 is 1.38 bits per heavy atom. The van der Waals surface area contributed by atoms with Gasteiger partial charge in [-0.15, -0.1) is 0 Å². The summed E-state index contributed by atoms with van der Waals surface area (Å²) in [6.45, 7) is 4.42. The first-order valence-electron chi connectivity index (χ1n) is 6.09. The first kappa shape index (κ1) is 15.4. The molecule has 0 radical (unpaired) electrons. The van der Waals surface area contributed by atoms with Gasteiger partial charge in [0.25, 0.3) is 0 Å². The van der Waals surface area contributed by atoms with Crippen LogP contribution in [0.2, 0.25) is 0 Å². The lowest BCUT2D eigenvalue weighted by Gasteiger charge is -2.19. The van der Waals surface area contributed by atoms with Crippen LogP contribution in [0.15, 0.2) is 0 Å². The second kappa shape index (κ2) is 9.60. The lowest BCUT2D eigenvalue weighted by molar-refractivity contribution is -0.141. The number of nitrogens with one attached hydrogen (secondary N) is 1. The first-order chi connectivity index (χ1) is 7.61.